The first kappa shape index (κ1) is 16.8. The molecule has 0 atom stereocenters. The van der Waals surface area contributed by atoms with Crippen molar-refractivity contribution in [1.82, 2.24) is 4.90 Å². The number of para-hydroxylation sites is 1. The van der Waals surface area contributed by atoms with Gasteiger partial charge in [0.1, 0.15) is 0 Å². The van der Waals surface area contributed by atoms with Gasteiger partial charge in [-0.05, 0) is 24.0 Å². The minimum Gasteiger partial charge on any atom is -0.379 e. The molecule has 1 aliphatic heterocycles. The molecule has 0 radical (unpaired) electrons. The lowest BCUT2D eigenvalue weighted by molar-refractivity contribution is 0.0394. The number of rotatable bonds is 6. The smallest absolute Gasteiger partial charge is 0.193 e. The molecule has 0 aliphatic carbocycles. The van der Waals surface area contributed by atoms with Gasteiger partial charge in [0.15, 0.2) is 5.96 Å². The van der Waals surface area contributed by atoms with Crippen LogP contribution in [0.25, 0.3) is 0 Å². The largest absolute Gasteiger partial charge is 0.379 e. The fourth-order valence-corrected chi connectivity index (χ4v) is 2.71. The second-order valence-electron chi connectivity index (χ2n) is 5.50. The summed E-state index contributed by atoms with van der Waals surface area (Å²) in [5.41, 5.74) is 9.76. The summed E-state index contributed by atoms with van der Waals surface area (Å²) in [5, 5.41) is 3.30. The van der Waals surface area contributed by atoms with Gasteiger partial charge in [-0.2, -0.15) is 0 Å². The van der Waals surface area contributed by atoms with Gasteiger partial charge in [0.25, 0.3) is 0 Å². The number of nitrogens with one attached hydrogen (secondary N) is 1. The molecule has 1 aromatic carbocycles. The highest BCUT2D eigenvalue weighted by molar-refractivity contribution is 5.93. The van der Waals surface area contributed by atoms with Crippen molar-refractivity contribution >= 4 is 11.6 Å². The Hall–Kier alpha value is -1.59. The van der Waals surface area contributed by atoms with Crippen LogP contribution in [0.2, 0.25) is 0 Å². The van der Waals surface area contributed by atoms with Gasteiger partial charge in [0.2, 0.25) is 0 Å². The molecule has 0 unspecified atom stereocenters. The lowest BCUT2D eigenvalue weighted by Gasteiger charge is -2.25. The molecular formula is C17H28N4O. The highest BCUT2D eigenvalue weighted by Gasteiger charge is 2.10. The summed E-state index contributed by atoms with van der Waals surface area (Å²) in [4.78, 5) is 6.82. The summed E-state index contributed by atoms with van der Waals surface area (Å²) >= 11 is 0. The average Bonchev–Trinajstić information content (AvgIpc) is 2.56. The maximum absolute atomic E-state index is 6.06. The van der Waals surface area contributed by atoms with E-state index in [1.54, 1.807) is 0 Å². The Labute approximate surface area is 133 Å². The van der Waals surface area contributed by atoms with E-state index in [0.717, 1.165) is 51.4 Å². The molecule has 0 bridgehead atoms. The van der Waals surface area contributed by atoms with E-state index >= 15 is 0 Å². The number of guanidine groups is 1. The van der Waals surface area contributed by atoms with Gasteiger partial charge in [-0.1, -0.05) is 32.0 Å². The van der Waals surface area contributed by atoms with Crippen LogP contribution in [0.4, 0.5) is 5.69 Å². The maximum Gasteiger partial charge on any atom is 0.193 e. The lowest BCUT2D eigenvalue weighted by Crippen LogP contribution is -2.38. The van der Waals surface area contributed by atoms with E-state index in [9.17, 15) is 0 Å². The van der Waals surface area contributed by atoms with E-state index in [4.69, 9.17) is 10.5 Å². The fraction of sp³-hybridized carbons (Fsp3) is 0.588. The predicted octanol–water partition coefficient (Wildman–Crippen LogP) is 1.87. The van der Waals surface area contributed by atoms with Crippen molar-refractivity contribution in [3.05, 3.63) is 29.3 Å². The molecule has 5 nitrogen and oxygen atoms in total. The van der Waals surface area contributed by atoms with E-state index in [1.165, 1.54) is 11.1 Å². The molecule has 1 aliphatic rings. The maximum atomic E-state index is 6.06. The molecule has 5 heteroatoms. The van der Waals surface area contributed by atoms with Gasteiger partial charge >= 0.3 is 0 Å². The van der Waals surface area contributed by atoms with E-state index in [-0.39, 0.29) is 0 Å². The first-order valence-corrected chi connectivity index (χ1v) is 8.22. The number of nitrogens with two attached hydrogens (primary N) is 1. The standard InChI is InChI=1S/C17H28N4O/c1-3-14-6-5-7-15(4-2)16(14)20-17(18)19-8-9-21-10-12-22-13-11-21/h5-7H,3-4,8-13H2,1-2H3,(H3,18,19,20). The van der Waals surface area contributed by atoms with Crippen LogP contribution in [0.3, 0.4) is 0 Å². The van der Waals surface area contributed by atoms with Crippen molar-refractivity contribution in [2.24, 2.45) is 10.7 Å². The Balaban J connectivity index is 1.93. The van der Waals surface area contributed by atoms with E-state index in [1.807, 2.05) is 0 Å². The number of ether oxygens (including phenoxy) is 1. The molecule has 1 saturated heterocycles. The molecule has 2 rings (SSSR count). The molecule has 0 amide bonds. The SMILES string of the molecule is CCc1cccc(CC)c1NC(N)=NCCN1CCOCC1. The second-order valence-corrected chi connectivity index (χ2v) is 5.50. The first-order valence-electron chi connectivity index (χ1n) is 8.22. The average molecular weight is 304 g/mol. The predicted molar refractivity (Wildman–Crippen MR) is 92.6 cm³/mol. The number of nitrogens with zero attached hydrogens (tertiary/aromatic N) is 2. The van der Waals surface area contributed by atoms with Gasteiger partial charge in [0.05, 0.1) is 19.8 Å². The number of aryl methyl sites for hydroxylation is 2. The van der Waals surface area contributed by atoms with Crippen LogP contribution < -0.4 is 11.1 Å². The van der Waals surface area contributed by atoms with Crippen molar-refractivity contribution in [3.63, 3.8) is 0 Å². The van der Waals surface area contributed by atoms with Crippen LogP contribution in [0, 0.1) is 0 Å². The molecular weight excluding hydrogens is 276 g/mol. The highest BCUT2D eigenvalue weighted by atomic mass is 16.5. The number of benzene rings is 1. The summed E-state index contributed by atoms with van der Waals surface area (Å²) in [6.45, 7) is 9.58. The quantitative estimate of drug-likeness (QED) is 0.622. The minimum absolute atomic E-state index is 0.504. The normalized spacial score (nSPS) is 16.7. The van der Waals surface area contributed by atoms with E-state index in [2.05, 4.69) is 47.3 Å². The van der Waals surface area contributed by atoms with Crippen molar-refractivity contribution in [2.45, 2.75) is 26.7 Å². The topological polar surface area (TPSA) is 62.9 Å². The number of aliphatic imine (C=N–C) groups is 1. The van der Waals surface area contributed by atoms with Gasteiger partial charge in [-0.3, -0.25) is 9.89 Å². The molecule has 0 saturated carbocycles. The Kier molecular flexibility index (Phi) is 6.68. The molecule has 0 spiro atoms. The van der Waals surface area contributed by atoms with Crippen LogP contribution in [0.1, 0.15) is 25.0 Å². The number of morpholine rings is 1. The van der Waals surface area contributed by atoms with Crippen molar-refractivity contribution in [2.75, 3.05) is 44.7 Å². The van der Waals surface area contributed by atoms with Gasteiger partial charge in [-0.25, -0.2) is 0 Å². The van der Waals surface area contributed by atoms with Crippen molar-refractivity contribution < 1.29 is 4.74 Å². The molecule has 3 N–H and O–H groups in total. The van der Waals surface area contributed by atoms with Crippen LogP contribution in [-0.2, 0) is 17.6 Å². The summed E-state index contributed by atoms with van der Waals surface area (Å²) < 4.78 is 5.34. The van der Waals surface area contributed by atoms with Gasteiger partial charge in [-0.15, -0.1) is 0 Å². The fourth-order valence-electron chi connectivity index (χ4n) is 2.71. The molecule has 1 aromatic rings. The number of hydrogen-bond donors (Lipinski definition) is 2. The molecule has 122 valence electrons. The van der Waals surface area contributed by atoms with Gasteiger partial charge in [0, 0.05) is 25.3 Å². The third-order valence-electron chi connectivity index (χ3n) is 4.05. The Morgan fingerprint density at radius 2 is 1.86 bits per heavy atom. The lowest BCUT2D eigenvalue weighted by atomic mass is 10.0. The molecule has 22 heavy (non-hydrogen) atoms. The summed E-state index contributed by atoms with van der Waals surface area (Å²) in [6.07, 6.45) is 1.97. The van der Waals surface area contributed by atoms with Crippen LogP contribution in [-0.4, -0.2) is 50.3 Å². The first-order chi connectivity index (χ1) is 10.7. The minimum atomic E-state index is 0.504. The Morgan fingerprint density at radius 3 is 2.45 bits per heavy atom. The van der Waals surface area contributed by atoms with Crippen LogP contribution in [0.5, 0.6) is 0 Å². The highest BCUT2D eigenvalue weighted by Crippen LogP contribution is 2.22. The van der Waals surface area contributed by atoms with Gasteiger partial charge < -0.3 is 15.8 Å². The van der Waals surface area contributed by atoms with E-state index < -0.39 is 0 Å². The third-order valence-corrected chi connectivity index (χ3v) is 4.05. The molecule has 1 heterocycles. The summed E-state index contributed by atoms with van der Waals surface area (Å²) in [5.74, 6) is 0.504. The summed E-state index contributed by atoms with van der Waals surface area (Å²) in [7, 11) is 0. The van der Waals surface area contributed by atoms with Crippen molar-refractivity contribution in [3.8, 4) is 0 Å². The van der Waals surface area contributed by atoms with E-state index in [0.29, 0.717) is 12.5 Å². The zero-order valence-electron chi connectivity index (χ0n) is 13.8. The third kappa shape index (κ3) is 4.71. The zero-order valence-corrected chi connectivity index (χ0v) is 13.8. The van der Waals surface area contributed by atoms with Crippen LogP contribution >= 0.6 is 0 Å². The molecule has 1 fully saturated rings. The van der Waals surface area contributed by atoms with Crippen molar-refractivity contribution in [1.29, 1.82) is 0 Å². The monoisotopic (exact) mass is 304 g/mol. The Bertz CT molecular complexity index is 473. The molecule has 0 aromatic heterocycles. The number of hydrogen-bond acceptors (Lipinski definition) is 3. The second kappa shape index (κ2) is 8.76. The zero-order chi connectivity index (χ0) is 15.8. The Morgan fingerprint density at radius 1 is 1.23 bits per heavy atom. The van der Waals surface area contributed by atoms with Crippen LogP contribution in [0.15, 0.2) is 23.2 Å². The number of anilines is 1. The summed E-state index contributed by atoms with van der Waals surface area (Å²) in [6, 6.07) is 6.39.